The summed E-state index contributed by atoms with van der Waals surface area (Å²) in [4.78, 5) is 4.21. The Kier molecular flexibility index (Phi) is 3.23. The van der Waals surface area contributed by atoms with Crippen molar-refractivity contribution < 1.29 is 14.6 Å². The van der Waals surface area contributed by atoms with Crippen LogP contribution < -0.4 is 9.47 Å². The number of aliphatic hydroxyl groups excluding tert-OH is 1. The number of fused-ring (bicyclic) bond motifs is 1. The number of nitrogens with zero attached hydrogens (tertiary/aromatic N) is 1. The van der Waals surface area contributed by atoms with Crippen molar-refractivity contribution in [3.05, 3.63) is 38.8 Å². The van der Waals surface area contributed by atoms with Crippen molar-refractivity contribution in [3.63, 3.8) is 0 Å². The highest BCUT2D eigenvalue weighted by atomic mass is 79.9. The van der Waals surface area contributed by atoms with Crippen LogP contribution in [0, 0.1) is 0 Å². The maximum atomic E-state index is 10.2. The van der Waals surface area contributed by atoms with E-state index in [1.165, 1.54) is 11.3 Å². The average Bonchev–Trinajstić information content (AvgIpc) is 2.84. The number of ether oxygens (including phenoxy) is 2. The van der Waals surface area contributed by atoms with E-state index in [1.807, 2.05) is 17.5 Å². The van der Waals surface area contributed by atoms with E-state index in [9.17, 15) is 5.11 Å². The second kappa shape index (κ2) is 4.87. The molecule has 1 aliphatic rings. The van der Waals surface area contributed by atoms with Crippen LogP contribution in [0.25, 0.3) is 0 Å². The van der Waals surface area contributed by atoms with Gasteiger partial charge in [-0.25, -0.2) is 4.98 Å². The second-order valence-electron chi connectivity index (χ2n) is 3.81. The largest absolute Gasteiger partial charge is 0.486 e. The molecule has 0 saturated heterocycles. The van der Waals surface area contributed by atoms with E-state index < -0.39 is 6.10 Å². The van der Waals surface area contributed by atoms with E-state index in [-0.39, 0.29) is 0 Å². The molecule has 2 heterocycles. The molecule has 1 unspecified atom stereocenters. The zero-order chi connectivity index (χ0) is 12.5. The van der Waals surface area contributed by atoms with Crippen molar-refractivity contribution in [2.24, 2.45) is 0 Å². The smallest absolute Gasteiger partial charge is 0.161 e. The van der Waals surface area contributed by atoms with Crippen molar-refractivity contribution in [2.45, 2.75) is 6.10 Å². The van der Waals surface area contributed by atoms with Gasteiger partial charge < -0.3 is 14.6 Å². The molecule has 0 spiro atoms. The third kappa shape index (κ3) is 2.23. The van der Waals surface area contributed by atoms with Crippen LogP contribution in [-0.2, 0) is 0 Å². The number of hydrogen-bond acceptors (Lipinski definition) is 5. The second-order valence-corrected chi connectivity index (χ2v) is 5.52. The topological polar surface area (TPSA) is 51.6 Å². The SMILES string of the molecule is OC(c1ccc2c(c1)OCCO2)c1nc(Br)cs1. The fourth-order valence-corrected chi connectivity index (χ4v) is 3.04. The van der Waals surface area contributed by atoms with Crippen molar-refractivity contribution in [3.8, 4) is 11.5 Å². The third-order valence-electron chi connectivity index (χ3n) is 2.61. The lowest BCUT2D eigenvalue weighted by Crippen LogP contribution is -2.15. The highest BCUT2D eigenvalue weighted by Crippen LogP contribution is 2.35. The van der Waals surface area contributed by atoms with Crippen LogP contribution in [0.3, 0.4) is 0 Å². The summed E-state index contributed by atoms with van der Waals surface area (Å²) >= 11 is 4.69. The molecule has 1 aliphatic heterocycles. The molecule has 1 aromatic carbocycles. The van der Waals surface area contributed by atoms with E-state index >= 15 is 0 Å². The third-order valence-corrected chi connectivity index (χ3v) is 4.22. The molecule has 18 heavy (non-hydrogen) atoms. The zero-order valence-electron chi connectivity index (χ0n) is 9.30. The minimum absolute atomic E-state index is 0.537. The van der Waals surface area contributed by atoms with Crippen LogP contribution in [-0.4, -0.2) is 23.3 Å². The van der Waals surface area contributed by atoms with Crippen molar-refractivity contribution in [1.29, 1.82) is 0 Å². The predicted octanol–water partition coefficient (Wildman–Crippen LogP) is 2.76. The Morgan fingerprint density at radius 3 is 2.78 bits per heavy atom. The van der Waals surface area contributed by atoms with Gasteiger partial charge in [0.05, 0.1) is 0 Å². The normalized spacial score (nSPS) is 15.4. The van der Waals surface area contributed by atoms with Gasteiger partial charge in [-0.05, 0) is 33.6 Å². The number of benzene rings is 1. The van der Waals surface area contributed by atoms with Gasteiger partial charge in [-0.2, -0.15) is 0 Å². The Morgan fingerprint density at radius 2 is 2.06 bits per heavy atom. The van der Waals surface area contributed by atoms with E-state index in [0.717, 1.165) is 15.9 Å². The molecule has 6 heteroatoms. The summed E-state index contributed by atoms with van der Waals surface area (Å²) in [5.74, 6) is 1.39. The van der Waals surface area contributed by atoms with Gasteiger partial charge in [0, 0.05) is 5.38 Å². The van der Waals surface area contributed by atoms with E-state index in [1.54, 1.807) is 6.07 Å². The molecule has 0 saturated carbocycles. The molecule has 94 valence electrons. The van der Waals surface area contributed by atoms with Crippen LogP contribution in [0.1, 0.15) is 16.7 Å². The highest BCUT2D eigenvalue weighted by Gasteiger charge is 2.18. The van der Waals surface area contributed by atoms with Crippen molar-refractivity contribution >= 4 is 27.3 Å². The lowest BCUT2D eigenvalue weighted by Gasteiger charge is -2.19. The lowest BCUT2D eigenvalue weighted by molar-refractivity contribution is 0.169. The minimum Gasteiger partial charge on any atom is -0.486 e. The summed E-state index contributed by atoms with van der Waals surface area (Å²) < 4.78 is 11.7. The number of thiazole rings is 1. The van der Waals surface area contributed by atoms with E-state index in [2.05, 4.69) is 20.9 Å². The molecule has 3 rings (SSSR count). The Labute approximate surface area is 116 Å². The van der Waals surface area contributed by atoms with E-state index in [4.69, 9.17) is 9.47 Å². The lowest BCUT2D eigenvalue weighted by atomic mass is 10.1. The Morgan fingerprint density at radius 1 is 1.28 bits per heavy atom. The van der Waals surface area contributed by atoms with Crippen LogP contribution in [0.15, 0.2) is 28.2 Å². The molecule has 0 bridgehead atoms. The van der Waals surface area contributed by atoms with Gasteiger partial charge in [0.1, 0.15) is 28.9 Å². The first-order valence-corrected chi connectivity index (χ1v) is 7.10. The van der Waals surface area contributed by atoms with Crippen LogP contribution in [0.2, 0.25) is 0 Å². The van der Waals surface area contributed by atoms with Crippen molar-refractivity contribution in [2.75, 3.05) is 13.2 Å². The maximum absolute atomic E-state index is 10.2. The quantitative estimate of drug-likeness (QED) is 0.921. The average molecular weight is 328 g/mol. The molecule has 4 nitrogen and oxygen atoms in total. The number of aliphatic hydroxyl groups is 1. The fraction of sp³-hybridized carbons (Fsp3) is 0.250. The Bertz CT molecular complexity index is 572. The molecule has 0 amide bonds. The van der Waals surface area contributed by atoms with Gasteiger partial charge in [-0.3, -0.25) is 0 Å². The summed E-state index contributed by atoms with van der Waals surface area (Å²) in [5.41, 5.74) is 0.751. The number of rotatable bonds is 2. The molecule has 1 aromatic heterocycles. The standard InChI is InChI=1S/C12H10BrNO3S/c13-10-6-18-12(14-10)11(15)7-1-2-8-9(5-7)17-4-3-16-8/h1-2,5-6,11,15H,3-4H2. The van der Waals surface area contributed by atoms with Gasteiger partial charge in [-0.15, -0.1) is 11.3 Å². The predicted molar refractivity (Wildman–Crippen MR) is 71.3 cm³/mol. The minimum atomic E-state index is -0.739. The molecule has 0 fully saturated rings. The fourth-order valence-electron chi connectivity index (χ4n) is 1.77. The van der Waals surface area contributed by atoms with Crippen LogP contribution >= 0.6 is 27.3 Å². The first-order valence-electron chi connectivity index (χ1n) is 5.42. The molecule has 1 N–H and O–H groups in total. The van der Waals surface area contributed by atoms with Gasteiger partial charge >= 0.3 is 0 Å². The summed E-state index contributed by atoms with van der Waals surface area (Å²) in [6.45, 7) is 1.10. The van der Waals surface area contributed by atoms with Crippen LogP contribution in [0.4, 0.5) is 0 Å². The Hall–Kier alpha value is -1.11. The molecule has 1 atom stereocenters. The van der Waals surface area contributed by atoms with Gasteiger partial charge in [0.15, 0.2) is 11.5 Å². The van der Waals surface area contributed by atoms with Gasteiger partial charge in [-0.1, -0.05) is 6.07 Å². The number of hydrogen-bond donors (Lipinski definition) is 1. The monoisotopic (exact) mass is 327 g/mol. The molecular weight excluding hydrogens is 318 g/mol. The van der Waals surface area contributed by atoms with Gasteiger partial charge in [0.25, 0.3) is 0 Å². The number of aromatic nitrogens is 1. The maximum Gasteiger partial charge on any atom is 0.161 e. The summed E-state index contributed by atoms with van der Waals surface area (Å²) in [6.07, 6.45) is -0.739. The van der Waals surface area contributed by atoms with E-state index in [0.29, 0.717) is 24.0 Å². The van der Waals surface area contributed by atoms with Crippen LogP contribution in [0.5, 0.6) is 11.5 Å². The Balaban J connectivity index is 1.92. The molecule has 0 radical (unpaired) electrons. The summed E-state index contributed by atoms with van der Waals surface area (Å²) in [6, 6.07) is 5.44. The van der Waals surface area contributed by atoms with Crippen molar-refractivity contribution in [1.82, 2.24) is 4.98 Å². The summed E-state index contributed by atoms with van der Waals surface area (Å²) in [7, 11) is 0. The molecular formula is C12H10BrNO3S. The zero-order valence-corrected chi connectivity index (χ0v) is 11.7. The van der Waals surface area contributed by atoms with Gasteiger partial charge in [0.2, 0.25) is 0 Å². The molecule has 0 aliphatic carbocycles. The first-order chi connectivity index (χ1) is 8.74. The highest BCUT2D eigenvalue weighted by molar-refractivity contribution is 9.10. The summed E-state index contributed by atoms with van der Waals surface area (Å²) in [5, 5.41) is 12.7. The number of halogens is 1. The molecule has 2 aromatic rings. The first kappa shape index (κ1) is 12.0.